The number of nitrogens with zero attached hydrogens (tertiary/aromatic N) is 2. The van der Waals surface area contributed by atoms with Crippen molar-refractivity contribution in [3.05, 3.63) is 69.7 Å². The minimum Gasteiger partial charge on any atom is -0.340 e. The largest absolute Gasteiger partial charge is 0.416 e. The summed E-state index contributed by atoms with van der Waals surface area (Å²) in [5, 5.41) is 0. The molecule has 0 saturated carbocycles. The molecule has 0 aliphatic carbocycles. The number of carbonyl (C=O) groups is 1. The van der Waals surface area contributed by atoms with E-state index in [1.165, 1.54) is 12.1 Å². The van der Waals surface area contributed by atoms with E-state index in [2.05, 4.69) is 20.8 Å². The second-order valence-electron chi connectivity index (χ2n) is 6.65. The molecule has 0 unspecified atom stereocenters. The number of benzene rings is 2. The van der Waals surface area contributed by atoms with E-state index in [-0.39, 0.29) is 5.91 Å². The second-order valence-corrected chi connectivity index (χ2v) is 7.57. The zero-order valence-corrected chi connectivity index (χ0v) is 16.3. The maximum absolute atomic E-state index is 12.6. The van der Waals surface area contributed by atoms with E-state index < -0.39 is 11.7 Å². The lowest BCUT2D eigenvalue weighted by Crippen LogP contribution is -2.48. The third-order valence-electron chi connectivity index (χ3n) is 4.68. The molecule has 1 heterocycles. The normalized spacial score (nSPS) is 15.8. The molecule has 0 radical (unpaired) electrons. The molecule has 3 rings (SSSR count). The van der Waals surface area contributed by atoms with Crippen molar-refractivity contribution in [2.75, 3.05) is 26.2 Å². The van der Waals surface area contributed by atoms with Crippen LogP contribution in [0.5, 0.6) is 0 Å². The maximum Gasteiger partial charge on any atom is 0.416 e. The summed E-state index contributed by atoms with van der Waals surface area (Å²) in [4.78, 5) is 16.4. The monoisotopic (exact) mass is 440 g/mol. The van der Waals surface area contributed by atoms with E-state index >= 15 is 0 Å². The van der Waals surface area contributed by atoms with E-state index in [0.29, 0.717) is 39.1 Å². The van der Waals surface area contributed by atoms with E-state index in [1.54, 1.807) is 0 Å². The van der Waals surface area contributed by atoms with Gasteiger partial charge in [-0.15, -0.1) is 0 Å². The van der Waals surface area contributed by atoms with Crippen molar-refractivity contribution in [2.24, 2.45) is 0 Å². The number of amides is 1. The Morgan fingerprint density at radius 1 is 0.889 bits per heavy atom. The fraction of sp³-hybridized carbons (Fsp3) is 0.350. The molecule has 1 saturated heterocycles. The van der Waals surface area contributed by atoms with Gasteiger partial charge in [0.05, 0.1) is 12.0 Å². The van der Waals surface area contributed by atoms with Crippen molar-refractivity contribution in [1.29, 1.82) is 0 Å². The topological polar surface area (TPSA) is 23.6 Å². The highest BCUT2D eigenvalue weighted by Gasteiger charge is 2.30. The van der Waals surface area contributed by atoms with Gasteiger partial charge in [0.25, 0.3) is 0 Å². The van der Waals surface area contributed by atoms with Crippen molar-refractivity contribution in [3.8, 4) is 0 Å². The molecule has 2 aromatic rings. The van der Waals surface area contributed by atoms with Crippen LogP contribution in [0.1, 0.15) is 16.7 Å². The fourth-order valence-electron chi connectivity index (χ4n) is 3.10. The molecule has 0 aromatic heterocycles. The fourth-order valence-corrected chi connectivity index (χ4v) is 3.37. The van der Waals surface area contributed by atoms with Gasteiger partial charge in [0.2, 0.25) is 5.91 Å². The first-order valence-corrected chi connectivity index (χ1v) is 9.51. The van der Waals surface area contributed by atoms with Gasteiger partial charge in [-0.3, -0.25) is 9.69 Å². The first-order valence-electron chi connectivity index (χ1n) is 8.72. The average Bonchev–Trinajstić information content (AvgIpc) is 2.64. The van der Waals surface area contributed by atoms with Crippen molar-refractivity contribution in [3.63, 3.8) is 0 Å². The minimum absolute atomic E-state index is 0.103. The van der Waals surface area contributed by atoms with Gasteiger partial charge in [-0.2, -0.15) is 13.2 Å². The Morgan fingerprint density at radius 3 is 2.00 bits per heavy atom. The molecule has 2 aromatic carbocycles. The van der Waals surface area contributed by atoms with E-state index in [0.717, 1.165) is 27.7 Å². The summed E-state index contributed by atoms with van der Waals surface area (Å²) in [6.07, 6.45) is -3.93. The summed E-state index contributed by atoms with van der Waals surface area (Å²) in [5.41, 5.74) is 1.20. The number of hydrogen-bond donors (Lipinski definition) is 0. The first kappa shape index (κ1) is 19.9. The molecule has 144 valence electrons. The predicted octanol–water partition coefficient (Wildman–Crippen LogP) is 4.35. The van der Waals surface area contributed by atoms with Crippen LogP contribution in [0.2, 0.25) is 0 Å². The molecule has 3 nitrogen and oxygen atoms in total. The van der Waals surface area contributed by atoms with E-state index in [9.17, 15) is 18.0 Å². The molecule has 1 amide bonds. The Morgan fingerprint density at radius 2 is 1.44 bits per heavy atom. The zero-order valence-electron chi connectivity index (χ0n) is 14.7. The Labute approximate surface area is 164 Å². The average molecular weight is 441 g/mol. The van der Waals surface area contributed by atoms with Gasteiger partial charge in [0, 0.05) is 37.2 Å². The molecular formula is C20H20BrF3N2O. The molecule has 1 aliphatic rings. The highest BCUT2D eigenvalue weighted by atomic mass is 79.9. The summed E-state index contributed by atoms with van der Waals surface area (Å²) in [5.74, 6) is 0.103. The van der Waals surface area contributed by atoms with Crippen LogP contribution < -0.4 is 0 Å². The maximum atomic E-state index is 12.6. The van der Waals surface area contributed by atoms with Crippen molar-refractivity contribution in [1.82, 2.24) is 9.80 Å². The van der Waals surface area contributed by atoms with E-state index in [4.69, 9.17) is 0 Å². The number of alkyl halides is 3. The van der Waals surface area contributed by atoms with Gasteiger partial charge < -0.3 is 4.90 Å². The third-order valence-corrected chi connectivity index (χ3v) is 5.21. The van der Waals surface area contributed by atoms with Gasteiger partial charge in [-0.05, 0) is 35.4 Å². The lowest BCUT2D eigenvalue weighted by molar-refractivity contribution is -0.137. The third kappa shape index (κ3) is 5.56. The standard InChI is InChI=1S/C20H20BrF3N2O/c21-18-7-3-15(4-8-18)13-19(27)26-11-9-25(10-12-26)14-16-1-5-17(6-2-16)20(22,23)24/h1-8H,9-14H2. The lowest BCUT2D eigenvalue weighted by Gasteiger charge is -2.35. The van der Waals surface area contributed by atoms with Crippen LogP contribution >= 0.6 is 15.9 Å². The van der Waals surface area contributed by atoms with Gasteiger partial charge in [-0.1, -0.05) is 40.2 Å². The van der Waals surface area contributed by atoms with Gasteiger partial charge >= 0.3 is 6.18 Å². The summed E-state index contributed by atoms with van der Waals surface area (Å²) in [6, 6.07) is 13.0. The van der Waals surface area contributed by atoms with Crippen LogP contribution in [0.25, 0.3) is 0 Å². The Bertz CT molecular complexity index is 767. The highest BCUT2D eigenvalue weighted by molar-refractivity contribution is 9.10. The van der Waals surface area contributed by atoms with Crippen molar-refractivity contribution < 1.29 is 18.0 Å². The Kier molecular flexibility index (Phi) is 6.22. The molecule has 1 fully saturated rings. The van der Waals surface area contributed by atoms with Crippen LogP contribution in [-0.4, -0.2) is 41.9 Å². The van der Waals surface area contributed by atoms with Crippen LogP contribution in [0.15, 0.2) is 53.0 Å². The number of hydrogen-bond acceptors (Lipinski definition) is 2. The van der Waals surface area contributed by atoms with Crippen LogP contribution in [-0.2, 0) is 23.9 Å². The number of carbonyl (C=O) groups excluding carboxylic acids is 1. The first-order chi connectivity index (χ1) is 12.8. The highest BCUT2D eigenvalue weighted by Crippen LogP contribution is 2.29. The summed E-state index contributed by atoms with van der Waals surface area (Å²) in [6.45, 7) is 3.29. The smallest absolute Gasteiger partial charge is 0.340 e. The Balaban J connectivity index is 1.48. The van der Waals surface area contributed by atoms with Crippen molar-refractivity contribution >= 4 is 21.8 Å². The number of rotatable bonds is 4. The van der Waals surface area contributed by atoms with Gasteiger partial charge in [0.1, 0.15) is 0 Å². The SMILES string of the molecule is O=C(Cc1ccc(Br)cc1)N1CCN(Cc2ccc(C(F)(F)F)cc2)CC1. The molecule has 27 heavy (non-hydrogen) atoms. The summed E-state index contributed by atoms with van der Waals surface area (Å²) in [7, 11) is 0. The lowest BCUT2D eigenvalue weighted by atomic mass is 10.1. The number of piperazine rings is 1. The van der Waals surface area contributed by atoms with E-state index in [1.807, 2.05) is 29.2 Å². The molecule has 0 N–H and O–H groups in total. The molecule has 0 atom stereocenters. The molecule has 0 bridgehead atoms. The van der Waals surface area contributed by atoms with Gasteiger partial charge in [-0.25, -0.2) is 0 Å². The molecule has 7 heteroatoms. The quantitative estimate of drug-likeness (QED) is 0.705. The second kappa shape index (κ2) is 8.44. The van der Waals surface area contributed by atoms with Crippen LogP contribution in [0.4, 0.5) is 13.2 Å². The van der Waals surface area contributed by atoms with Crippen LogP contribution in [0.3, 0.4) is 0 Å². The minimum atomic E-state index is -4.31. The molecule has 0 spiro atoms. The molecule has 1 aliphatic heterocycles. The van der Waals surface area contributed by atoms with Crippen molar-refractivity contribution in [2.45, 2.75) is 19.1 Å². The Hall–Kier alpha value is -1.86. The van der Waals surface area contributed by atoms with Gasteiger partial charge in [0.15, 0.2) is 0 Å². The zero-order chi connectivity index (χ0) is 19.4. The summed E-state index contributed by atoms with van der Waals surface area (Å²) >= 11 is 3.38. The predicted molar refractivity (Wildman–Crippen MR) is 101 cm³/mol. The van der Waals surface area contributed by atoms with Crippen LogP contribution in [0, 0.1) is 0 Å². The number of halogens is 4. The summed E-state index contributed by atoms with van der Waals surface area (Å²) < 4.78 is 38.8. The molecular weight excluding hydrogens is 421 g/mol.